The Labute approximate surface area is 125 Å². The summed E-state index contributed by atoms with van der Waals surface area (Å²) in [5.41, 5.74) is 0.978. The van der Waals surface area contributed by atoms with Crippen molar-refractivity contribution >= 4 is 5.91 Å². The third-order valence-corrected chi connectivity index (χ3v) is 3.33. The van der Waals surface area contributed by atoms with Crippen molar-refractivity contribution in [2.75, 3.05) is 7.11 Å². The molecule has 4 heteroatoms. The molecule has 21 heavy (non-hydrogen) atoms. The summed E-state index contributed by atoms with van der Waals surface area (Å²) in [6.45, 7) is 2.01. The van der Waals surface area contributed by atoms with Crippen LogP contribution < -0.4 is 10.1 Å². The molecule has 0 spiro atoms. The van der Waals surface area contributed by atoms with E-state index in [9.17, 15) is 4.79 Å². The van der Waals surface area contributed by atoms with Crippen molar-refractivity contribution < 1.29 is 13.9 Å². The van der Waals surface area contributed by atoms with Gasteiger partial charge in [0.15, 0.2) is 0 Å². The summed E-state index contributed by atoms with van der Waals surface area (Å²) in [5.74, 6) is 1.78. The molecule has 2 aromatic rings. The summed E-state index contributed by atoms with van der Waals surface area (Å²) >= 11 is 0. The van der Waals surface area contributed by atoms with Crippen LogP contribution in [0.2, 0.25) is 0 Å². The van der Waals surface area contributed by atoms with Gasteiger partial charge in [0.2, 0.25) is 5.91 Å². The van der Waals surface area contributed by atoms with Crippen LogP contribution in [0.25, 0.3) is 0 Å². The van der Waals surface area contributed by atoms with Crippen molar-refractivity contribution in [3.8, 4) is 5.75 Å². The summed E-state index contributed by atoms with van der Waals surface area (Å²) in [4.78, 5) is 12.0. The molecule has 0 aliphatic carbocycles. The Hall–Kier alpha value is -2.23. The Morgan fingerprint density at radius 2 is 2.05 bits per heavy atom. The lowest BCUT2D eigenvalue weighted by atomic mass is 10.1. The maximum Gasteiger partial charge on any atom is 0.224 e. The number of benzene rings is 1. The van der Waals surface area contributed by atoms with E-state index in [1.165, 1.54) is 0 Å². The van der Waals surface area contributed by atoms with E-state index < -0.39 is 0 Å². The van der Waals surface area contributed by atoms with Crippen LogP contribution in [-0.2, 0) is 17.6 Å². The lowest BCUT2D eigenvalue weighted by Crippen LogP contribution is -2.34. The van der Waals surface area contributed by atoms with E-state index in [0.29, 0.717) is 6.42 Å². The van der Waals surface area contributed by atoms with Crippen LogP contribution in [0.3, 0.4) is 0 Å². The van der Waals surface area contributed by atoms with E-state index in [0.717, 1.165) is 29.9 Å². The highest BCUT2D eigenvalue weighted by molar-refractivity contribution is 5.78. The number of ether oxygens (including phenoxy) is 1. The molecule has 1 aromatic carbocycles. The molecule has 1 aromatic heterocycles. The number of hydrogen-bond acceptors (Lipinski definition) is 3. The molecule has 4 nitrogen and oxygen atoms in total. The molecule has 0 aliphatic rings. The van der Waals surface area contributed by atoms with Gasteiger partial charge in [0.05, 0.1) is 19.8 Å². The number of furan rings is 1. The molecule has 0 saturated heterocycles. The van der Waals surface area contributed by atoms with Gasteiger partial charge in [-0.2, -0.15) is 0 Å². The number of carbonyl (C=O) groups is 1. The predicted octanol–water partition coefficient (Wildman–Crippen LogP) is 2.97. The van der Waals surface area contributed by atoms with Gasteiger partial charge in [-0.15, -0.1) is 0 Å². The van der Waals surface area contributed by atoms with E-state index in [4.69, 9.17) is 9.15 Å². The summed E-state index contributed by atoms with van der Waals surface area (Å²) < 4.78 is 10.4. The maximum atomic E-state index is 12.0. The van der Waals surface area contributed by atoms with Gasteiger partial charge in [-0.1, -0.05) is 12.1 Å². The van der Waals surface area contributed by atoms with Crippen LogP contribution in [0.5, 0.6) is 5.75 Å². The Morgan fingerprint density at radius 1 is 1.29 bits per heavy atom. The van der Waals surface area contributed by atoms with Gasteiger partial charge in [0.25, 0.3) is 0 Å². The van der Waals surface area contributed by atoms with Crippen LogP contribution in [0.1, 0.15) is 24.7 Å². The van der Waals surface area contributed by atoms with Crippen LogP contribution in [0.15, 0.2) is 47.1 Å². The molecule has 1 N–H and O–H groups in total. The number of nitrogens with one attached hydrogen (secondary N) is 1. The smallest absolute Gasteiger partial charge is 0.224 e. The Balaban J connectivity index is 1.75. The number of amides is 1. The zero-order valence-electron chi connectivity index (χ0n) is 12.5. The molecule has 1 unspecified atom stereocenters. The van der Waals surface area contributed by atoms with Crippen molar-refractivity contribution in [2.24, 2.45) is 0 Å². The topological polar surface area (TPSA) is 51.5 Å². The third kappa shape index (κ3) is 4.99. The van der Waals surface area contributed by atoms with Crippen LogP contribution in [-0.4, -0.2) is 19.1 Å². The number of methoxy groups -OCH3 is 1. The fourth-order valence-electron chi connectivity index (χ4n) is 2.14. The van der Waals surface area contributed by atoms with Gasteiger partial charge in [-0.05, 0) is 43.2 Å². The van der Waals surface area contributed by atoms with Gasteiger partial charge in [-0.25, -0.2) is 0 Å². The fraction of sp³-hybridized carbons (Fsp3) is 0.353. The SMILES string of the molecule is COc1ccc(CC(=O)NC(C)CCc2ccco2)cc1. The molecule has 1 amide bonds. The highest BCUT2D eigenvalue weighted by atomic mass is 16.5. The minimum absolute atomic E-state index is 0.0344. The molecule has 1 heterocycles. The third-order valence-electron chi connectivity index (χ3n) is 3.33. The van der Waals surface area contributed by atoms with Crippen molar-refractivity contribution in [1.82, 2.24) is 5.32 Å². The minimum atomic E-state index is 0.0344. The molecular weight excluding hydrogens is 266 g/mol. The first-order valence-corrected chi connectivity index (χ1v) is 7.12. The minimum Gasteiger partial charge on any atom is -0.497 e. The van der Waals surface area contributed by atoms with Crippen LogP contribution >= 0.6 is 0 Å². The first-order valence-electron chi connectivity index (χ1n) is 7.12. The van der Waals surface area contributed by atoms with E-state index in [-0.39, 0.29) is 11.9 Å². The highest BCUT2D eigenvalue weighted by Gasteiger charge is 2.09. The monoisotopic (exact) mass is 287 g/mol. The average Bonchev–Trinajstić information content (AvgIpc) is 2.99. The fourth-order valence-corrected chi connectivity index (χ4v) is 2.14. The van der Waals surface area contributed by atoms with E-state index in [1.54, 1.807) is 13.4 Å². The average molecular weight is 287 g/mol. The standard InChI is InChI=1S/C17H21NO3/c1-13(5-8-16-4-3-11-21-16)18-17(19)12-14-6-9-15(20-2)10-7-14/h3-4,6-7,9-11,13H,5,8,12H2,1-2H3,(H,18,19). The van der Waals surface area contributed by atoms with Crippen LogP contribution in [0, 0.1) is 0 Å². The Morgan fingerprint density at radius 3 is 2.67 bits per heavy atom. The number of rotatable bonds is 7. The van der Waals surface area contributed by atoms with Crippen molar-refractivity contribution in [2.45, 2.75) is 32.2 Å². The molecule has 0 radical (unpaired) electrons. The van der Waals surface area contributed by atoms with E-state index in [1.807, 2.05) is 43.3 Å². The second-order valence-electron chi connectivity index (χ2n) is 5.11. The normalized spacial score (nSPS) is 11.9. The number of aryl methyl sites for hydroxylation is 1. The molecule has 2 rings (SSSR count). The molecule has 0 saturated carbocycles. The van der Waals surface area contributed by atoms with Crippen molar-refractivity contribution in [3.05, 3.63) is 54.0 Å². The first kappa shape index (κ1) is 15.2. The van der Waals surface area contributed by atoms with Crippen molar-refractivity contribution in [3.63, 3.8) is 0 Å². The highest BCUT2D eigenvalue weighted by Crippen LogP contribution is 2.12. The largest absolute Gasteiger partial charge is 0.497 e. The summed E-state index contributed by atoms with van der Waals surface area (Å²) in [5, 5.41) is 3.01. The van der Waals surface area contributed by atoms with Gasteiger partial charge in [0.1, 0.15) is 11.5 Å². The molecule has 112 valence electrons. The second kappa shape index (κ2) is 7.53. The zero-order chi connectivity index (χ0) is 15.1. The van der Waals surface area contributed by atoms with Crippen LogP contribution in [0.4, 0.5) is 0 Å². The first-order chi connectivity index (χ1) is 10.2. The number of hydrogen-bond donors (Lipinski definition) is 1. The summed E-state index contributed by atoms with van der Waals surface area (Å²) in [7, 11) is 1.63. The summed E-state index contributed by atoms with van der Waals surface area (Å²) in [6.07, 6.45) is 3.75. The second-order valence-corrected chi connectivity index (χ2v) is 5.11. The Kier molecular flexibility index (Phi) is 5.43. The van der Waals surface area contributed by atoms with E-state index >= 15 is 0 Å². The number of carbonyl (C=O) groups excluding carboxylic acids is 1. The summed E-state index contributed by atoms with van der Waals surface area (Å²) in [6, 6.07) is 11.5. The Bertz CT molecular complexity index is 546. The molecule has 0 bridgehead atoms. The van der Waals surface area contributed by atoms with Gasteiger partial charge < -0.3 is 14.5 Å². The molecule has 0 fully saturated rings. The zero-order valence-corrected chi connectivity index (χ0v) is 12.5. The predicted molar refractivity (Wildman–Crippen MR) is 81.3 cm³/mol. The van der Waals surface area contributed by atoms with Gasteiger partial charge in [-0.3, -0.25) is 4.79 Å². The molecule has 1 atom stereocenters. The lowest BCUT2D eigenvalue weighted by Gasteiger charge is -2.13. The lowest BCUT2D eigenvalue weighted by molar-refractivity contribution is -0.121. The molecule has 0 aliphatic heterocycles. The maximum absolute atomic E-state index is 12.0. The van der Waals surface area contributed by atoms with Crippen molar-refractivity contribution in [1.29, 1.82) is 0 Å². The van der Waals surface area contributed by atoms with Gasteiger partial charge >= 0.3 is 0 Å². The quantitative estimate of drug-likeness (QED) is 0.851. The molecular formula is C17H21NO3. The van der Waals surface area contributed by atoms with E-state index in [2.05, 4.69) is 5.32 Å². The van der Waals surface area contributed by atoms with Gasteiger partial charge in [0, 0.05) is 12.5 Å².